The Labute approximate surface area is 178 Å². The smallest absolute Gasteiger partial charge is 0.191 e. The van der Waals surface area contributed by atoms with Crippen LogP contribution in [0.1, 0.15) is 29.7 Å². The zero-order chi connectivity index (χ0) is 21.0. The number of aliphatic imine (C=N–C) groups is 1. The molecule has 30 heavy (non-hydrogen) atoms. The fraction of sp³-hybridized carbons (Fsp3) is 0.522. The van der Waals surface area contributed by atoms with Gasteiger partial charge in [0.05, 0.1) is 25.5 Å². The topological polar surface area (TPSA) is 77.2 Å². The number of ether oxygens (including phenoxy) is 3. The molecular formula is C23H33N3O4. The third kappa shape index (κ3) is 7.39. The predicted molar refractivity (Wildman–Crippen MR) is 117 cm³/mol. The SMILES string of the molecule is COCCOc1cc(C)ccc1CN=C(NCCc1ccco1)NCC1CCCO1. The molecular weight excluding hydrogens is 382 g/mol. The first-order valence-corrected chi connectivity index (χ1v) is 10.6. The van der Waals surface area contributed by atoms with Crippen LogP contribution in [0.4, 0.5) is 0 Å². The number of guanidine groups is 1. The Balaban J connectivity index is 1.61. The molecule has 2 heterocycles. The van der Waals surface area contributed by atoms with E-state index in [2.05, 4.69) is 29.7 Å². The van der Waals surface area contributed by atoms with Gasteiger partial charge in [0.2, 0.25) is 0 Å². The Kier molecular flexibility index (Phi) is 9.05. The molecule has 1 aliphatic heterocycles. The van der Waals surface area contributed by atoms with Crippen molar-refractivity contribution in [1.29, 1.82) is 0 Å². The predicted octanol–water partition coefficient (Wildman–Crippen LogP) is 3.07. The van der Waals surface area contributed by atoms with Gasteiger partial charge in [-0.2, -0.15) is 0 Å². The van der Waals surface area contributed by atoms with Gasteiger partial charge >= 0.3 is 0 Å². The van der Waals surface area contributed by atoms with Gasteiger partial charge in [-0.1, -0.05) is 12.1 Å². The van der Waals surface area contributed by atoms with E-state index in [1.807, 2.05) is 18.2 Å². The number of furan rings is 1. The van der Waals surface area contributed by atoms with Crippen molar-refractivity contribution in [3.05, 3.63) is 53.5 Å². The third-order valence-corrected chi connectivity index (χ3v) is 4.94. The maximum atomic E-state index is 5.89. The molecule has 2 aromatic rings. The van der Waals surface area contributed by atoms with Crippen molar-refractivity contribution in [2.75, 3.05) is 40.0 Å². The van der Waals surface area contributed by atoms with Crippen LogP contribution < -0.4 is 15.4 Å². The minimum Gasteiger partial charge on any atom is -0.491 e. The van der Waals surface area contributed by atoms with Gasteiger partial charge in [0.1, 0.15) is 18.1 Å². The molecule has 0 bridgehead atoms. The monoisotopic (exact) mass is 415 g/mol. The van der Waals surface area contributed by atoms with E-state index in [-0.39, 0.29) is 6.10 Å². The van der Waals surface area contributed by atoms with Gasteiger partial charge in [0.25, 0.3) is 0 Å². The number of hydrogen-bond acceptors (Lipinski definition) is 5. The number of methoxy groups -OCH3 is 1. The summed E-state index contributed by atoms with van der Waals surface area (Å²) in [5.74, 6) is 2.57. The fourth-order valence-corrected chi connectivity index (χ4v) is 3.28. The minimum atomic E-state index is 0.245. The van der Waals surface area contributed by atoms with E-state index in [0.717, 1.165) is 67.6 Å². The van der Waals surface area contributed by atoms with Crippen molar-refractivity contribution in [2.24, 2.45) is 4.99 Å². The molecule has 2 N–H and O–H groups in total. The summed E-state index contributed by atoms with van der Waals surface area (Å²) < 4.78 is 22.1. The Morgan fingerprint density at radius 2 is 2.17 bits per heavy atom. The van der Waals surface area contributed by atoms with Crippen LogP contribution in [0, 0.1) is 6.92 Å². The highest BCUT2D eigenvalue weighted by Gasteiger charge is 2.15. The number of rotatable bonds is 11. The molecule has 1 atom stereocenters. The van der Waals surface area contributed by atoms with Gasteiger partial charge in [-0.25, -0.2) is 4.99 Å². The van der Waals surface area contributed by atoms with E-state index < -0.39 is 0 Å². The van der Waals surface area contributed by atoms with Crippen LogP contribution in [-0.4, -0.2) is 52.1 Å². The van der Waals surface area contributed by atoms with Crippen molar-refractivity contribution >= 4 is 5.96 Å². The number of nitrogens with one attached hydrogen (secondary N) is 2. The number of aryl methyl sites for hydroxylation is 1. The van der Waals surface area contributed by atoms with Crippen molar-refractivity contribution in [3.63, 3.8) is 0 Å². The van der Waals surface area contributed by atoms with Gasteiger partial charge < -0.3 is 29.3 Å². The second-order valence-corrected chi connectivity index (χ2v) is 7.39. The number of hydrogen-bond donors (Lipinski definition) is 2. The molecule has 1 fully saturated rings. The van der Waals surface area contributed by atoms with Crippen LogP contribution in [0.25, 0.3) is 0 Å². The summed E-state index contributed by atoms with van der Waals surface area (Å²) >= 11 is 0. The molecule has 0 radical (unpaired) electrons. The average molecular weight is 416 g/mol. The van der Waals surface area contributed by atoms with E-state index in [1.54, 1.807) is 13.4 Å². The van der Waals surface area contributed by atoms with E-state index >= 15 is 0 Å². The van der Waals surface area contributed by atoms with Crippen molar-refractivity contribution in [1.82, 2.24) is 10.6 Å². The molecule has 0 amide bonds. The lowest BCUT2D eigenvalue weighted by Gasteiger charge is -2.16. The van der Waals surface area contributed by atoms with Crippen molar-refractivity contribution in [3.8, 4) is 5.75 Å². The molecule has 0 aliphatic carbocycles. The molecule has 7 nitrogen and oxygen atoms in total. The van der Waals surface area contributed by atoms with Crippen LogP contribution in [0.5, 0.6) is 5.75 Å². The fourth-order valence-electron chi connectivity index (χ4n) is 3.28. The molecule has 0 spiro atoms. The molecule has 0 saturated carbocycles. The van der Waals surface area contributed by atoms with E-state index in [0.29, 0.717) is 19.8 Å². The molecule has 1 aromatic heterocycles. The minimum absolute atomic E-state index is 0.245. The van der Waals surface area contributed by atoms with Crippen LogP contribution in [0.2, 0.25) is 0 Å². The second-order valence-electron chi connectivity index (χ2n) is 7.39. The zero-order valence-corrected chi connectivity index (χ0v) is 18.0. The number of nitrogens with zero attached hydrogens (tertiary/aromatic N) is 1. The summed E-state index contributed by atoms with van der Waals surface area (Å²) in [5.41, 5.74) is 2.20. The summed E-state index contributed by atoms with van der Waals surface area (Å²) in [7, 11) is 1.67. The lowest BCUT2D eigenvalue weighted by atomic mass is 10.1. The highest BCUT2D eigenvalue weighted by Crippen LogP contribution is 2.21. The summed E-state index contributed by atoms with van der Waals surface area (Å²) in [4.78, 5) is 4.79. The van der Waals surface area contributed by atoms with Gasteiger partial charge in [-0.3, -0.25) is 0 Å². The van der Waals surface area contributed by atoms with Crippen molar-refractivity contribution < 1.29 is 18.6 Å². The number of benzene rings is 1. The van der Waals surface area contributed by atoms with E-state index in [9.17, 15) is 0 Å². The van der Waals surface area contributed by atoms with Crippen LogP contribution in [-0.2, 0) is 22.4 Å². The quantitative estimate of drug-likeness (QED) is 0.334. The zero-order valence-electron chi connectivity index (χ0n) is 18.0. The molecule has 1 aromatic carbocycles. The Morgan fingerprint density at radius 1 is 1.23 bits per heavy atom. The summed E-state index contributed by atoms with van der Waals surface area (Å²) in [5, 5.41) is 6.82. The lowest BCUT2D eigenvalue weighted by molar-refractivity contribution is 0.114. The van der Waals surface area contributed by atoms with Gasteiger partial charge in [-0.05, 0) is 43.5 Å². The average Bonchev–Trinajstić information content (AvgIpc) is 3.45. The molecule has 7 heteroatoms. The van der Waals surface area contributed by atoms with E-state index in [4.69, 9.17) is 23.6 Å². The maximum absolute atomic E-state index is 5.89. The molecule has 3 rings (SSSR count). The van der Waals surface area contributed by atoms with Gasteiger partial charge in [0, 0.05) is 38.8 Å². The van der Waals surface area contributed by atoms with Gasteiger partial charge in [-0.15, -0.1) is 0 Å². The summed E-state index contributed by atoms with van der Waals surface area (Å²) in [6.45, 7) is 5.97. The van der Waals surface area contributed by atoms with Gasteiger partial charge in [0.15, 0.2) is 5.96 Å². The molecule has 1 unspecified atom stereocenters. The Bertz CT molecular complexity index is 771. The van der Waals surface area contributed by atoms with E-state index in [1.165, 1.54) is 0 Å². The normalized spacial score (nSPS) is 16.6. The first kappa shape index (κ1) is 22.2. The standard InChI is InChI=1S/C23H33N3O4/c1-18-7-8-19(22(15-18)30-14-13-27-2)16-25-23(26-17-21-6-4-12-29-21)24-10-9-20-5-3-11-28-20/h3,5,7-8,11,15,21H,4,6,9-10,12-14,16-17H2,1-2H3,(H2,24,25,26). The Morgan fingerprint density at radius 3 is 2.93 bits per heavy atom. The first-order valence-electron chi connectivity index (χ1n) is 10.6. The lowest BCUT2D eigenvalue weighted by Crippen LogP contribution is -2.41. The highest BCUT2D eigenvalue weighted by molar-refractivity contribution is 5.79. The first-order chi connectivity index (χ1) is 14.7. The summed E-state index contributed by atoms with van der Waals surface area (Å²) in [6.07, 6.45) is 4.94. The molecule has 164 valence electrons. The molecule has 1 aliphatic rings. The Hall–Kier alpha value is -2.51. The van der Waals surface area contributed by atoms with Crippen LogP contribution in [0.15, 0.2) is 46.0 Å². The second kappa shape index (κ2) is 12.2. The molecule has 1 saturated heterocycles. The summed E-state index contributed by atoms with van der Waals surface area (Å²) in [6, 6.07) is 10.1. The third-order valence-electron chi connectivity index (χ3n) is 4.94. The largest absolute Gasteiger partial charge is 0.491 e. The van der Waals surface area contributed by atoms with Crippen molar-refractivity contribution in [2.45, 2.75) is 38.8 Å². The maximum Gasteiger partial charge on any atom is 0.191 e. The van der Waals surface area contributed by atoms with Crippen LogP contribution in [0.3, 0.4) is 0 Å². The van der Waals surface area contributed by atoms with Crippen LogP contribution >= 0.6 is 0 Å². The highest BCUT2D eigenvalue weighted by atomic mass is 16.5.